The number of carbonyl (C=O) groups is 2. The lowest BCUT2D eigenvalue weighted by Crippen LogP contribution is -2.42. The van der Waals surface area contributed by atoms with Crippen LogP contribution in [0.25, 0.3) is 16.6 Å². The van der Waals surface area contributed by atoms with E-state index in [4.69, 9.17) is 23.2 Å². The minimum absolute atomic E-state index is 0.101. The van der Waals surface area contributed by atoms with Crippen LogP contribution in [-0.2, 0) is 4.79 Å². The highest BCUT2D eigenvalue weighted by molar-refractivity contribution is 7.99. The number of rotatable bonds is 5. The maximum absolute atomic E-state index is 13.2. The van der Waals surface area contributed by atoms with Crippen LogP contribution >= 0.6 is 35.0 Å². The molecule has 3 aromatic carbocycles. The number of amides is 2. The number of hydrogen-bond donors (Lipinski definition) is 2. The van der Waals surface area contributed by atoms with E-state index in [1.807, 2.05) is 0 Å². The topological polar surface area (TPSA) is 93.1 Å². The van der Waals surface area contributed by atoms with Gasteiger partial charge in [-0.3, -0.25) is 29.8 Å². The molecule has 0 aliphatic heterocycles. The Morgan fingerprint density at radius 1 is 0.909 bits per heavy atom. The van der Waals surface area contributed by atoms with Crippen molar-refractivity contribution in [3.8, 4) is 5.69 Å². The monoisotopic (exact) mass is 498 g/mol. The molecule has 166 valence electrons. The van der Waals surface area contributed by atoms with Gasteiger partial charge >= 0.3 is 0 Å². The van der Waals surface area contributed by atoms with E-state index in [-0.39, 0.29) is 11.3 Å². The second-order valence-corrected chi connectivity index (χ2v) is 8.59. The first kappa shape index (κ1) is 22.8. The highest BCUT2D eigenvalue weighted by atomic mass is 35.5. The molecule has 2 N–H and O–H groups in total. The fourth-order valence-electron chi connectivity index (χ4n) is 3.02. The number of para-hydroxylation sites is 2. The molecule has 0 aliphatic carbocycles. The van der Waals surface area contributed by atoms with Crippen molar-refractivity contribution in [3.63, 3.8) is 0 Å². The molecule has 4 rings (SSSR count). The maximum atomic E-state index is 13.2. The minimum Gasteiger partial charge on any atom is -0.272 e. The van der Waals surface area contributed by atoms with Crippen LogP contribution < -0.4 is 16.4 Å². The number of nitrogens with zero attached hydrogens (tertiary/aromatic N) is 2. The first-order chi connectivity index (χ1) is 15.9. The van der Waals surface area contributed by atoms with Crippen LogP contribution in [0.2, 0.25) is 10.0 Å². The fraction of sp³-hybridized carbons (Fsp3) is 0.0435. The van der Waals surface area contributed by atoms with E-state index in [0.717, 1.165) is 11.8 Å². The van der Waals surface area contributed by atoms with E-state index in [0.29, 0.717) is 37.4 Å². The molecular formula is C23H16Cl2N4O3S. The fourth-order valence-corrected chi connectivity index (χ4v) is 4.17. The van der Waals surface area contributed by atoms with Gasteiger partial charge in [-0.25, -0.2) is 4.98 Å². The number of nitrogens with one attached hydrogen (secondary N) is 2. The molecule has 2 amide bonds. The Kier molecular flexibility index (Phi) is 6.98. The largest absolute Gasteiger partial charge is 0.272 e. The van der Waals surface area contributed by atoms with Gasteiger partial charge in [-0.1, -0.05) is 59.2 Å². The van der Waals surface area contributed by atoms with Crippen LogP contribution in [0.4, 0.5) is 0 Å². The number of benzene rings is 3. The Morgan fingerprint density at radius 3 is 2.36 bits per heavy atom. The summed E-state index contributed by atoms with van der Waals surface area (Å²) in [6.07, 6.45) is 0. The normalized spacial score (nSPS) is 10.7. The van der Waals surface area contributed by atoms with E-state index in [9.17, 15) is 14.4 Å². The lowest BCUT2D eigenvalue weighted by atomic mass is 10.2. The molecule has 33 heavy (non-hydrogen) atoms. The smallest absolute Gasteiger partial charge is 0.269 e. The van der Waals surface area contributed by atoms with E-state index in [1.54, 1.807) is 72.8 Å². The maximum Gasteiger partial charge on any atom is 0.269 e. The molecule has 1 aromatic heterocycles. The first-order valence-corrected chi connectivity index (χ1v) is 11.4. The second kappa shape index (κ2) is 10.1. The van der Waals surface area contributed by atoms with Gasteiger partial charge in [0.15, 0.2) is 5.16 Å². The molecule has 0 fully saturated rings. The third kappa shape index (κ3) is 5.19. The summed E-state index contributed by atoms with van der Waals surface area (Å²) >= 11 is 13.2. The van der Waals surface area contributed by atoms with Crippen LogP contribution in [0.15, 0.2) is 82.7 Å². The number of hydrazine groups is 1. The lowest BCUT2D eigenvalue weighted by molar-refractivity contribution is -0.119. The molecular weight excluding hydrogens is 483 g/mol. The molecule has 0 unspecified atom stereocenters. The van der Waals surface area contributed by atoms with Gasteiger partial charge in [-0.15, -0.1) is 0 Å². The zero-order chi connectivity index (χ0) is 23.4. The van der Waals surface area contributed by atoms with Gasteiger partial charge < -0.3 is 0 Å². The molecule has 0 aliphatic rings. The van der Waals surface area contributed by atoms with Crippen molar-refractivity contribution in [2.75, 3.05) is 5.75 Å². The van der Waals surface area contributed by atoms with Gasteiger partial charge in [-0.05, 0) is 48.5 Å². The Morgan fingerprint density at radius 2 is 1.61 bits per heavy atom. The summed E-state index contributed by atoms with van der Waals surface area (Å²) in [5.74, 6) is -1.06. The van der Waals surface area contributed by atoms with Crippen molar-refractivity contribution in [1.29, 1.82) is 0 Å². The molecule has 0 saturated carbocycles. The van der Waals surface area contributed by atoms with E-state index in [2.05, 4.69) is 15.8 Å². The van der Waals surface area contributed by atoms with Crippen molar-refractivity contribution in [2.45, 2.75) is 5.16 Å². The summed E-state index contributed by atoms with van der Waals surface area (Å²) in [4.78, 5) is 42.3. The molecule has 0 radical (unpaired) electrons. The average Bonchev–Trinajstić information content (AvgIpc) is 2.82. The Balaban J connectivity index is 1.54. The van der Waals surface area contributed by atoms with E-state index in [1.165, 1.54) is 4.57 Å². The number of thioether (sulfide) groups is 1. The van der Waals surface area contributed by atoms with Crippen molar-refractivity contribution in [2.24, 2.45) is 0 Å². The number of carbonyl (C=O) groups excluding carboxylic acids is 2. The van der Waals surface area contributed by atoms with E-state index < -0.39 is 11.8 Å². The van der Waals surface area contributed by atoms with Crippen molar-refractivity contribution >= 4 is 57.7 Å². The Labute approximate surface area is 202 Å². The summed E-state index contributed by atoms with van der Waals surface area (Å²) in [7, 11) is 0. The van der Waals surface area contributed by atoms with Crippen LogP contribution in [0, 0.1) is 0 Å². The summed E-state index contributed by atoms with van der Waals surface area (Å²) < 4.78 is 1.38. The Bertz CT molecular complexity index is 1410. The molecule has 7 nitrogen and oxygen atoms in total. The van der Waals surface area contributed by atoms with Crippen molar-refractivity contribution in [1.82, 2.24) is 20.4 Å². The lowest BCUT2D eigenvalue weighted by Gasteiger charge is -2.14. The van der Waals surface area contributed by atoms with Crippen LogP contribution in [0.1, 0.15) is 10.4 Å². The number of fused-ring (bicyclic) bond motifs is 1. The number of halogens is 2. The summed E-state index contributed by atoms with van der Waals surface area (Å²) in [6.45, 7) is 0. The number of aromatic nitrogens is 2. The molecule has 0 bridgehead atoms. The minimum atomic E-state index is -0.484. The molecule has 0 spiro atoms. The van der Waals surface area contributed by atoms with Gasteiger partial charge in [0.2, 0.25) is 5.91 Å². The van der Waals surface area contributed by atoms with Gasteiger partial charge in [0, 0.05) is 10.6 Å². The molecule has 0 saturated heterocycles. The predicted molar refractivity (Wildman–Crippen MR) is 130 cm³/mol. The summed E-state index contributed by atoms with van der Waals surface area (Å²) in [5, 5.41) is 1.60. The molecule has 4 aromatic rings. The molecule has 1 heterocycles. The standard InChI is InChI=1S/C23H16Cl2N4O3S/c24-15-11-9-14(10-12-15)21(31)28-27-20(30)13-33-23-26-18-7-3-1-5-16(18)22(32)29(23)19-8-4-2-6-17(19)25/h1-12H,13H2,(H,27,30)(H,28,31). The highest BCUT2D eigenvalue weighted by Gasteiger charge is 2.17. The quantitative estimate of drug-likeness (QED) is 0.243. The zero-order valence-corrected chi connectivity index (χ0v) is 19.2. The Hall–Kier alpha value is -3.33. The van der Waals surface area contributed by atoms with Gasteiger partial charge in [0.05, 0.1) is 27.4 Å². The van der Waals surface area contributed by atoms with Gasteiger partial charge in [-0.2, -0.15) is 0 Å². The molecule has 0 atom stereocenters. The van der Waals surface area contributed by atoms with E-state index >= 15 is 0 Å². The first-order valence-electron chi connectivity index (χ1n) is 9.68. The van der Waals surface area contributed by atoms with Crippen LogP contribution in [0.5, 0.6) is 0 Å². The third-order valence-corrected chi connectivity index (χ3v) is 6.10. The summed E-state index contributed by atoms with van der Waals surface area (Å²) in [6, 6.07) is 20.1. The van der Waals surface area contributed by atoms with Crippen molar-refractivity contribution in [3.05, 3.63) is 98.8 Å². The zero-order valence-electron chi connectivity index (χ0n) is 16.9. The van der Waals surface area contributed by atoms with Gasteiger partial charge in [0.1, 0.15) is 0 Å². The van der Waals surface area contributed by atoms with Crippen LogP contribution in [-0.4, -0.2) is 27.1 Å². The molecule has 10 heteroatoms. The SMILES string of the molecule is O=C(CSc1nc2ccccc2c(=O)n1-c1ccccc1Cl)NNC(=O)c1ccc(Cl)cc1. The summed E-state index contributed by atoms with van der Waals surface area (Å²) in [5.41, 5.74) is 5.71. The van der Waals surface area contributed by atoms with Crippen molar-refractivity contribution < 1.29 is 9.59 Å². The predicted octanol–water partition coefficient (Wildman–Crippen LogP) is 4.25. The third-order valence-electron chi connectivity index (χ3n) is 4.59. The highest BCUT2D eigenvalue weighted by Crippen LogP contribution is 2.25. The number of hydrogen-bond acceptors (Lipinski definition) is 5. The average molecular weight is 499 g/mol. The van der Waals surface area contributed by atoms with Crippen LogP contribution in [0.3, 0.4) is 0 Å². The second-order valence-electron chi connectivity index (χ2n) is 6.80. The van der Waals surface area contributed by atoms with Gasteiger partial charge in [0.25, 0.3) is 11.5 Å².